The SMILES string of the molecule is CNC1CCC(c2ccc(Cl)c(Cl)c2)c2ccc(O)cc21. The molecule has 0 saturated carbocycles. The molecule has 21 heavy (non-hydrogen) atoms. The number of aromatic hydroxyl groups is 1. The van der Waals surface area contributed by atoms with Crippen molar-refractivity contribution in [3.63, 3.8) is 0 Å². The summed E-state index contributed by atoms with van der Waals surface area (Å²) >= 11 is 12.2. The maximum atomic E-state index is 9.77. The van der Waals surface area contributed by atoms with Gasteiger partial charge in [-0.15, -0.1) is 0 Å². The average molecular weight is 322 g/mol. The molecule has 2 aromatic carbocycles. The highest BCUT2D eigenvalue weighted by atomic mass is 35.5. The minimum absolute atomic E-state index is 0.283. The predicted molar refractivity (Wildman–Crippen MR) is 87.4 cm³/mol. The van der Waals surface area contributed by atoms with E-state index in [1.165, 1.54) is 16.7 Å². The first-order valence-electron chi connectivity index (χ1n) is 7.05. The number of nitrogens with one attached hydrogen (secondary N) is 1. The number of hydrogen-bond acceptors (Lipinski definition) is 2. The molecule has 0 amide bonds. The van der Waals surface area contributed by atoms with Crippen LogP contribution in [-0.4, -0.2) is 12.2 Å². The standard InChI is InChI=1S/C17H17Cl2NO/c1-20-17-7-5-12(10-2-6-15(18)16(19)8-10)13-4-3-11(21)9-14(13)17/h2-4,6,8-9,12,17,20-21H,5,7H2,1H3. The molecule has 0 heterocycles. The van der Waals surface area contributed by atoms with Gasteiger partial charge in [0.25, 0.3) is 0 Å². The molecule has 2 N–H and O–H groups in total. The Kier molecular flexibility index (Phi) is 4.12. The largest absolute Gasteiger partial charge is 0.508 e. The van der Waals surface area contributed by atoms with Crippen molar-refractivity contribution < 1.29 is 5.11 Å². The zero-order valence-corrected chi connectivity index (χ0v) is 13.2. The molecule has 2 nitrogen and oxygen atoms in total. The van der Waals surface area contributed by atoms with Crippen LogP contribution in [0.4, 0.5) is 0 Å². The minimum atomic E-state index is 0.283. The Labute approximate surface area is 134 Å². The predicted octanol–water partition coefficient (Wildman–Crippen LogP) is 4.89. The Hall–Kier alpha value is -1.22. The third-order valence-electron chi connectivity index (χ3n) is 4.26. The lowest BCUT2D eigenvalue weighted by Gasteiger charge is -2.32. The number of hydrogen-bond donors (Lipinski definition) is 2. The van der Waals surface area contributed by atoms with Crippen molar-refractivity contribution in [2.45, 2.75) is 24.8 Å². The highest BCUT2D eigenvalue weighted by molar-refractivity contribution is 6.42. The normalized spacial score (nSPS) is 21.1. The lowest BCUT2D eigenvalue weighted by Crippen LogP contribution is -2.24. The van der Waals surface area contributed by atoms with E-state index in [1.807, 2.05) is 37.4 Å². The van der Waals surface area contributed by atoms with Crippen LogP contribution >= 0.6 is 23.2 Å². The van der Waals surface area contributed by atoms with Gasteiger partial charge in [-0.2, -0.15) is 0 Å². The van der Waals surface area contributed by atoms with Crippen LogP contribution in [0, 0.1) is 0 Å². The first-order valence-corrected chi connectivity index (χ1v) is 7.80. The van der Waals surface area contributed by atoms with Crippen LogP contribution in [0.5, 0.6) is 5.75 Å². The Bertz CT molecular complexity index is 672. The molecule has 2 atom stereocenters. The molecule has 2 unspecified atom stereocenters. The summed E-state index contributed by atoms with van der Waals surface area (Å²) in [7, 11) is 1.96. The van der Waals surface area contributed by atoms with E-state index in [1.54, 1.807) is 6.07 Å². The Morgan fingerprint density at radius 3 is 2.52 bits per heavy atom. The highest BCUT2D eigenvalue weighted by Gasteiger charge is 2.28. The molecular weight excluding hydrogens is 305 g/mol. The summed E-state index contributed by atoms with van der Waals surface area (Å²) in [6.45, 7) is 0. The van der Waals surface area contributed by atoms with Crippen LogP contribution in [0.3, 0.4) is 0 Å². The molecular formula is C17H17Cl2NO. The second-order valence-corrected chi connectivity index (χ2v) is 6.27. The van der Waals surface area contributed by atoms with Crippen molar-refractivity contribution >= 4 is 23.2 Å². The quantitative estimate of drug-likeness (QED) is 0.825. The smallest absolute Gasteiger partial charge is 0.115 e. The maximum absolute atomic E-state index is 9.77. The van der Waals surface area contributed by atoms with Crippen LogP contribution < -0.4 is 5.32 Å². The Morgan fingerprint density at radius 2 is 1.81 bits per heavy atom. The van der Waals surface area contributed by atoms with E-state index in [4.69, 9.17) is 23.2 Å². The lowest BCUT2D eigenvalue weighted by atomic mass is 9.76. The summed E-state index contributed by atoms with van der Waals surface area (Å²) in [5.74, 6) is 0.601. The molecule has 0 saturated heterocycles. The number of halogens is 2. The fourth-order valence-electron chi connectivity index (χ4n) is 3.20. The molecule has 4 heteroatoms. The van der Waals surface area contributed by atoms with Crippen LogP contribution in [-0.2, 0) is 0 Å². The van der Waals surface area contributed by atoms with Gasteiger partial charge in [-0.25, -0.2) is 0 Å². The first kappa shape index (κ1) is 14.7. The lowest BCUT2D eigenvalue weighted by molar-refractivity contribution is 0.452. The summed E-state index contributed by atoms with van der Waals surface area (Å²) in [5.41, 5.74) is 3.59. The maximum Gasteiger partial charge on any atom is 0.115 e. The van der Waals surface area contributed by atoms with Gasteiger partial charge in [0.05, 0.1) is 10.0 Å². The summed E-state index contributed by atoms with van der Waals surface area (Å²) in [5, 5.41) is 14.3. The molecule has 1 aliphatic rings. The van der Waals surface area contributed by atoms with Crippen LogP contribution in [0.15, 0.2) is 36.4 Å². The van der Waals surface area contributed by atoms with Gasteiger partial charge >= 0.3 is 0 Å². The topological polar surface area (TPSA) is 32.3 Å². The number of rotatable bonds is 2. The van der Waals surface area contributed by atoms with Crippen molar-refractivity contribution in [2.75, 3.05) is 7.05 Å². The minimum Gasteiger partial charge on any atom is -0.508 e. The van der Waals surface area contributed by atoms with E-state index in [9.17, 15) is 5.11 Å². The van der Waals surface area contributed by atoms with E-state index < -0.39 is 0 Å². The van der Waals surface area contributed by atoms with Gasteiger partial charge in [-0.3, -0.25) is 0 Å². The summed E-state index contributed by atoms with van der Waals surface area (Å²) in [4.78, 5) is 0. The second kappa shape index (κ2) is 5.88. The van der Waals surface area contributed by atoms with Gasteiger partial charge < -0.3 is 10.4 Å². The van der Waals surface area contributed by atoms with Gasteiger partial charge in [0.1, 0.15) is 5.75 Å². The van der Waals surface area contributed by atoms with Gasteiger partial charge in [0, 0.05) is 12.0 Å². The Morgan fingerprint density at radius 1 is 1.00 bits per heavy atom. The molecule has 0 aliphatic heterocycles. The van der Waals surface area contributed by atoms with E-state index >= 15 is 0 Å². The molecule has 2 aromatic rings. The van der Waals surface area contributed by atoms with Crippen LogP contribution in [0.2, 0.25) is 10.0 Å². The Balaban J connectivity index is 2.07. The highest BCUT2D eigenvalue weighted by Crippen LogP contribution is 2.43. The van der Waals surface area contributed by atoms with Gasteiger partial charge in [0.2, 0.25) is 0 Å². The van der Waals surface area contributed by atoms with E-state index in [0.717, 1.165) is 12.8 Å². The van der Waals surface area contributed by atoms with Gasteiger partial charge in [-0.1, -0.05) is 35.3 Å². The van der Waals surface area contributed by atoms with Gasteiger partial charge in [0.15, 0.2) is 0 Å². The van der Waals surface area contributed by atoms with Gasteiger partial charge in [-0.05, 0) is 60.8 Å². The van der Waals surface area contributed by atoms with E-state index in [0.29, 0.717) is 21.7 Å². The third kappa shape index (κ3) is 2.76. The summed E-state index contributed by atoms with van der Waals surface area (Å²) in [6.07, 6.45) is 2.07. The molecule has 1 aliphatic carbocycles. The van der Waals surface area contributed by atoms with Crippen molar-refractivity contribution in [1.82, 2.24) is 5.32 Å². The molecule has 0 aromatic heterocycles. The zero-order chi connectivity index (χ0) is 15.0. The first-order chi connectivity index (χ1) is 10.1. The monoisotopic (exact) mass is 321 g/mol. The molecule has 0 spiro atoms. The van der Waals surface area contributed by atoms with Crippen molar-refractivity contribution in [3.05, 3.63) is 63.1 Å². The average Bonchev–Trinajstić information content (AvgIpc) is 2.49. The number of fused-ring (bicyclic) bond motifs is 1. The molecule has 0 fully saturated rings. The fourth-order valence-corrected chi connectivity index (χ4v) is 3.51. The molecule has 110 valence electrons. The third-order valence-corrected chi connectivity index (χ3v) is 5.00. The van der Waals surface area contributed by atoms with E-state index in [-0.39, 0.29) is 6.04 Å². The molecule has 0 bridgehead atoms. The van der Waals surface area contributed by atoms with Crippen LogP contribution in [0.1, 0.15) is 41.5 Å². The van der Waals surface area contributed by atoms with Crippen LogP contribution in [0.25, 0.3) is 0 Å². The van der Waals surface area contributed by atoms with Crippen molar-refractivity contribution in [3.8, 4) is 5.75 Å². The van der Waals surface area contributed by atoms with Crippen molar-refractivity contribution in [2.24, 2.45) is 0 Å². The zero-order valence-electron chi connectivity index (χ0n) is 11.7. The number of benzene rings is 2. The number of phenolic OH excluding ortho intramolecular Hbond substituents is 1. The molecule has 3 rings (SSSR count). The number of phenols is 1. The van der Waals surface area contributed by atoms with Crippen molar-refractivity contribution in [1.29, 1.82) is 0 Å². The second-order valence-electron chi connectivity index (χ2n) is 5.46. The summed E-state index contributed by atoms with van der Waals surface area (Å²) < 4.78 is 0. The van der Waals surface area contributed by atoms with E-state index in [2.05, 4.69) is 5.32 Å². The molecule has 0 radical (unpaired) electrons. The fraction of sp³-hybridized carbons (Fsp3) is 0.294. The summed E-state index contributed by atoms with van der Waals surface area (Å²) in [6, 6.07) is 11.7.